The summed E-state index contributed by atoms with van der Waals surface area (Å²) in [5, 5.41) is 3.12. The van der Waals surface area contributed by atoms with Crippen LogP contribution in [0.2, 0.25) is 5.02 Å². The third-order valence-electron chi connectivity index (χ3n) is 5.19. The van der Waals surface area contributed by atoms with Crippen LogP contribution in [0.5, 0.6) is 0 Å². The van der Waals surface area contributed by atoms with Crippen LogP contribution in [0, 0.1) is 5.92 Å². The average molecular weight is 524 g/mol. The first-order chi connectivity index (χ1) is 17.6. The molecule has 0 aliphatic rings. The molecule has 3 aromatic carbocycles. The molecule has 0 spiro atoms. The van der Waals surface area contributed by atoms with Crippen molar-refractivity contribution >= 4 is 29.6 Å². The number of carbonyl (C=O) groups is 3. The summed E-state index contributed by atoms with van der Waals surface area (Å²) >= 11 is 6.05. The molecule has 1 atom stereocenters. The molecule has 0 fully saturated rings. The van der Waals surface area contributed by atoms with E-state index < -0.39 is 35.6 Å². The summed E-state index contributed by atoms with van der Waals surface area (Å²) in [5.74, 6) is -3.21. The summed E-state index contributed by atoms with van der Waals surface area (Å²) in [4.78, 5) is 39.5. The lowest BCUT2D eigenvalue weighted by Crippen LogP contribution is -2.43. The minimum Gasteiger partial charge on any atom is -0.460 e. The van der Waals surface area contributed by atoms with Gasteiger partial charge in [0.15, 0.2) is 5.92 Å². The fourth-order valence-corrected chi connectivity index (χ4v) is 3.60. The number of esters is 2. The molecule has 0 saturated heterocycles. The van der Waals surface area contributed by atoms with Gasteiger partial charge in [0.2, 0.25) is 0 Å². The number of halogens is 1. The standard InChI is InChI=1S/C29H30ClNO6/c1-29(2,3)37-28(34)31-25(22-14-16-23(30)17-15-22)24(26(32)35-18-20-10-6-4-7-11-20)27(33)36-19-21-12-8-5-9-13-21/h4-17,24-25H,18-19H2,1-3H3,(H,31,34)/t25-/m0/s1. The van der Waals surface area contributed by atoms with Crippen molar-refractivity contribution in [3.05, 3.63) is 107 Å². The predicted molar refractivity (Wildman–Crippen MR) is 140 cm³/mol. The second-order valence-corrected chi connectivity index (χ2v) is 9.78. The molecule has 1 amide bonds. The van der Waals surface area contributed by atoms with E-state index in [-0.39, 0.29) is 13.2 Å². The summed E-state index contributed by atoms with van der Waals surface area (Å²) in [6, 6.07) is 23.4. The molecule has 8 heteroatoms. The molecule has 0 aromatic heterocycles. The second kappa shape index (κ2) is 12.9. The van der Waals surface area contributed by atoms with E-state index in [1.807, 2.05) is 36.4 Å². The predicted octanol–water partition coefficient (Wildman–Crippen LogP) is 6.01. The van der Waals surface area contributed by atoms with Gasteiger partial charge in [-0.05, 0) is 49.6 Å². The fourth-order valence-electron chi connectivity index (χ4n) is 3.47. The van der Waals surface area contributed by atoms with Crippen molar-refractivity contribution in [2.24, 2.45) is 5.92 Å². The lowest BCUT2D eigenvalue weighted by Gasteiger charge is -2.28. The van der Waals surface area contributed by atoms with Crippen LogP contribution in [-0.4, -0.2) is 23.6 Å². The summed E-state index contributed by atoms with van der Waals surface area (Å²) in [6.07, 6.45) is -0.802. The second-order valence-electron chi connectivity index (χ2n) is 9.34. The van der Waals surface area contributed by atoms with Crippen molar-refractivity contribution in [2.75, 3.05) is 0 Å². The Balaban J connectivity index is 1.91. The van der Waals surface area contributed by atoms with Crippen molar-refractivity contribution < 1.29 is 28.6 Å². The summed E-state index contributed by atoms with van der Waals surface area (Å²) in [5.41, 5.74) is 1.14. The van der Waals surface area contributed by atoms with Gasteiger partial charge >= 0.3 is 18.0 Å². The number of amides is 1. The smallest absolute Gasteiger partial charge is 0.408 e. The quantitative estimate of drug-likeness (QED) is 0.210. The third kappa shape index (κ3) is 8.95. The number of alkyl carbamates (subject to hydrolysis) is 1. The van der Waals surface area contributed by atoms with Crippen LogP contribution in [0.15, 0.2) is 84.9 Å². The number of rotatable bonds is 9. The van der Waals surface area contributed by atoms with E-state index in [4.69, 9.17) is 25.8 Å². The average Bonchev–Trinajstić information content (AvgIpc) is 2.86. The van der Waals surface area contributed by atoms with Crippen LogP contribution in [0.4, 0.5) is 4.79 Å². The highest BCUT2D eigenvalue weighted by Crippen LogP contribution is 2.28. The first-order valence-corrected chi connectivity index (χ1v) is 12.2. The van der Waals surface area contributed by atoms with Gasteiger partial charge in [0, 0.05) is 5.02 Å². The van der Waals surface area contributed by atoms with Crippen molar-refractivity contribution in [3.63, 3.8) is 0 Å². The Bertz CT molecular complexity index is 1120. The third-order valence-corrected chi connectivity index (χ3v) is 5.44. The molecular weight excluding hydrogens is 494 g/mol. The molecule has 0 heterocycles. The van der Waals surface area contributed by atoms with Crippen LogP contribution >= 0.6 is 11.6 Å². The van der Waals surface area contributed by atoms with Gasteiger partial charge in [0.1, 0.15) is 18.8 Å². The normalized spacial score (nSPS) is 11.9. The topological polar surface area (TPSA) is 90.9 Å². The molecule has 0 unspecified atom stereocenters. The first-order valence-electron chi connectivity index (χ1n) is 11.8. The van der Waals surface area contributed by atoms with Gasteiger partial charge in [-0.1, -0.05) is 84.4 Å². The highest BCUT2D eigenvalue weighted by atomic mass is 35.5. The van der Waals surface area contributed by atoms with E-state index in [2.05, 4.69) is 5.32 Å². The van der Waals surface area contributed by atoms with E-state index in [1.54, 1.807) is 69.3 Å². The Morgan fingerprint density at radius 3 is 1.65 bits per heavy atom. The van der Waals surface area contributed by atoms with Crippen LogP contribution in [-0.2, 0) is 37.0 Å². The van der Waals surface area contributed by atoms with Gasteiger partial charge in [-0.25, -0.2) is 4.79 Å². The zero-order valence-corrected chi connectivity index (χ0v) is 21.7. The van der Waals surface area contributed by atoms with E-state index in [1.165, 1.54) is 0 Å². The Morgan fingerprint density at radius 2 is 1.22 bits per heavy atom. The van der Waals surface area contributed by atoms with Gasteiger partial charge in [0.25, 0.3) is 0 Å². The van der Waals surface area contributed by atoms with Gasteiger partial charge in [-0.15, -0.1) is 0 Å². The van der Waals surface area contributed by atoms with Crippen molar-refractivity contribution in [1.82, 2.24) is 5.32 Å². The van der Waals surface area contributed by atoms with Gasteiger partial charge in [-0.2, -0.15) is 0 Å². The molecular formula is C29H30ClNO6. The van der Waals surface area contributed by atoms with Crippen molar-refractivity contribution in [1.29, 1.82) is 0 Å². The Kier molecular flexibility index (Phi) is 9.69. The molecule has 7 nitrogen and oxygen atoms in total. The SMILES string of the molecule is CC(C)(C)OC(=O)N[C@@H](c1ccc(Cl)cc1)C(C(=O)OCc1ccccc1)C(=O)OCc1ccccc1. The Hall–Kier alpha value is -3.84. The van der Waals surface area contributed by atoms with Gasteiger partial charge < -0.3 is 19.5 Å². The van der Waals surface area contributed by atoms with Crippen LogP contribution in [0.1, 0.15) is 43.5 Å². The molecule has 0 radical (unpaired) electrons. The zero-order chi connectivity index (χ0) is 26.8. The van der Waals surface area contributed by atoms with E-state index in [0.29, 0.717) is 10.6 Å². The summed E-state index contributed by atoms with van der Waals surface area (Å²) in [7, 11) is 0. The van der Waals surface area contributed by atoms with Gasteiger partial charge in [-0.3, -0.25) is 9.59 Å². The minimum atomic E-state index is -1.51. The Morgan fingerprint density at radius 1 is 0.757 bits per heavy atom. The Labute approximate surface area is 221 Å². The first kappa shape index (κ1) is 27.7. The molecule has 0 aliphatic carbocycles. The summed E-state index contributed by atoms with van der Waals surface area (Å²) in [6.45, 7) is 5.03. The van der Waals surface area contributed by atoms with E-state index >= 15 is 0 Å². The van der Waals surface area contributed by atoms with Crippen molar-refractivity contribution in [2.45, 2.75) is 45.6 Å². The molecule has 3 aromatic rings. The van der Waals surface area contributed by atoms with Crippen LogP contribution in [0.3, 0.4) is 0 Å². The lowest BCUT2D eigenvalue weighted by atomic mass is 9.92. The number of ether oxygens (including phenoxy) is 3. The molecule has 3 rings (SSSR count). The van der Waals surface area contributed by atoms with Crippen molar-refractivity contribution in [3.8, 4) is 0 Å². The van der Waals surface area contributed by atoms with Crippen LogP contribution in [0.25, 0.3) is 0 Å². The number of carbonyl (C=O) groups excluding carboxylic acids is 3. The monoisotopic (exact) mass is 523 g/mol. The maximum absolute atomic E-state index is 13.4. The molecule has 1 N–H and O–H groups in total. The maximum Gasteiger partial charge on any atom is 0.408 e. The van der Waals surface area contributed by atoms with Gasteiger partial charge in [0.05, 0.1) is 6.04 Å². The number of nitrogens with one attached hydrogen (secondary N) is 1. The van der Waals surface area contributed by atoms with Crippen LogP contribution < -0.4 is 5.32 Å². The molecule has 0 saturated carbocycles. The molecule has 0 bridgehead atoms. The summed E-state index contributed by atoms with van der Waals surface area (Å²) < 4.78 is 16.4. The maximum atomic E-state index is 13.4. The lowest BCUT2D eigenvalue weighted by molar-refractivity contribution is -0.165. The minimum absolute atomic E-state index is 0.0537. The number of hydrogen-bond donors (Lipinski definition) is 1. The highest BCUT2D eigenvalue weighted by molar-refractivity contribution is 6.30. The molecule has 194 valence electrons. The molecule has 0 aliphatic heterocycles. The number of benzene rings is 3. The van der Waals surface area contributed by atoms with E-state index in [9.17, 15) is 14.4 Å². The fraction of sp³-hybridized carbons (Fsp3) is 0.276. The number of hydrogen-bond acceptors (Lipinski definition) is 6. The largest absolute Gasteiger partial charge is 0.460 e. The zero-order valence-electron chi connectivity index (χ0n) is 21.0. The highest BCUT2D eigenvalue weighted by Gasteiger charge is 2.40. The molecule has 37 heavy (non-hydrogen) atoms. The van der Waals surface area contributed by atoms with E-state index in [0.717, 1.165) is 11.1 Å².